The number of carbonyl (C=O) groups excluding carboxylic acids is 1. The number of hydrogen-bond acceptors (Lipinski definition) is 2. The van der Waals surface area contributed by atoms with Gasteiger partial charge in [0.15, 0.2) is 0 Å². The highest BCUT2D eigenvalue weighted by molar-refractivity contribution is 5.91. The fourth-order valence-electron chi connectivity index (χ4n) is 2.12. The van der Waals surface area contributed by atoms with E-state index in [4.69, 9.17) is 4.74 Å². The van der Waals surface area contributed by atoms with Crippen LogP contribution in [-0.2, 0) is 4.79 Å². The van der Waals surface area contributed by atoms with Gasteiger partial charge in [0.25, 0.3) is 0 Å². The van der Waals surface area contributed by atoms with E-state index in [1.165, 1.54) is 0 Å². The van der Waals surface area contributed by atoms with Crippen molar-refractivity contribution >= 4 is 12.0 Å². The average Bonchev–Trinajstić information content (AvgIpc) is 2.59. The zero-order chi connectivity index (χ0) is 18.0. The molecule has 1 aromatic rings. The fraction of sp³-hybridized carbons (Fsp3) is 0.571. The van der Waals surface area contributed by atoms with Crippen LogP contribution in [0.25, 0.3) is 6.08 Å². The predicted octanol–water partition coefficient (Wildman–Crippen LogP) is 5.07. The Morgan fingerprint density at radius 2 is 1.92 bits per heavy atom. The van der Waals surface area contributed by atoms with Gasteiger partial charge in [-0.3, -0.25) is 4.79 Å². The van der Waals surface area contributed by atoms with E-state index in [0.29, 0.717) is 12.5 Å². The molecule has 1 N–H and O–H groups in total. The molecule has 0 aliphatic rings. The molecule has 3 nitrogen and oxygen atoms in total. The van der Waals surface area contributed by atoms with Crippen LogP contribution in [0.3, 0.4) is 0 Å². The van der Waals surface area contributed by atoms with Crippen molar-refractivity contribution < 1.29 is 9.53 Å². The van der Waals surface area contributed by atoms with Crippen LogP contribution in [0.5, 0.6) is 5.75 Å². The van der Waals surface area contributed by atoms with E-state index in [0.717, 1.165) is 37.2 Å². The summed E-state index contributed by atoms with van der Waals surface area (Å²) < 4.78 is 5.63. The van der Waals surface area contributed by atoms with Crippen LogP contribution in [0.2, 0.25) is 0 Å². The van der Waals surface area contributed by atoms with Gasteiger partial charge in [-0.15, -0.1) is 0 Å². The molecule has 0 heterocycles. The van der Waals surface area contributed by atoms with Gasteiger partial charge in [0.1, 0.15) is 5.75 Å². The van der Waals surface area contributed by atoms with Crippen LogP contribution in [0.4, 0.5) is 0 Å². The molecule has 1 amide bonds. The highest BCUT2D eigenvalue weighted by Gasteiger charge is 2.23. The van der Waals surface area contributed by atoms with E-state index in [1.54, 1.807) is 6.08 Å². The van der Waals surface area contributed by atoms with Crippen molar-refractivity contribution in [3.8, 4) is 5.75 Å². The zero-order valence-electron chi connectivity index (χ0n) is 15.9. The Bertz CT molecular complexity index is 517. The van der Waals surface area contributed by atoms with Crippen molar-refractivity contribution in [3.05, 3.63) is 35.9 Å². The molecule has 0 aromatic heterocycles. The zero-order valence-corrected chi connectivity index (χ0v) is 15.9. The summed E-state index contributed by atoms with van der Waals surface area (Å²) in [5.41, 5.74) is 1.24. The van der Waals surface area contributed by atoms with Crippen molar-refractivity contribution in [2.75, 3.05) is 13.2 Å². The summed E-state index contributed by atoms with van der Waals surface area (Å²) in [6.45, 7) is 12.5. The van der Waals surface area contributed by atoms with Gasteiger partial charge >= 0.3 is 0 Å². The summed E-state index contributed by atoms with van der Waals surface area (Å²) in [5.74, 6) is 1.28. The van der Waals surface area contributed by atoms with Crippen LogP contribution in [0.15, 0.2) is 30.3 Å². The lowest BCUT2D eigenvalue weighted by molar-refractivity contribution is -0.116. The second-order valence-corrected chi connectivity index (χ2v) is 7.09. The molecule has 0 radical (unpaired) electrons. The minimum absolute atomic E-state index is 0.0444. The van der Waals surface area contributed by atoms with Crippen molar-refractivity contribution in [1.29, 1.82) is 0 Å². The van der Waals surface area contributed by atoms with Gasteiger partial charge in [-0.2, -0.15) is 0 Å². The molecule has 24 heavy (non-hydrogen) atoms. The third kappa shape index (κ3) is 7.20. The molecule has 1 atom stereocenters. The van der Waals surface area contributed by atoms with Gasteiger partial charge in [-0.05, 0) is 41.5 Å². The summed E-state index contributed by atoms with van der Waals surface area (Å²) in [6.07, 6.45) is 6.73. The van der Waals surface area contributed by atoms with Crippen molar-refractivity contribution in [2.45, 2.75) is 53.9 Å². The molecule has 0 fully saturated rings. The molecule has 0 saturated carbocycles. The molecule has 1 rings (SSSR count). The lowest BCUT2D eigenvalue weighted by Crippen LogP contribution is -2.33. The minimum Gasteiger partial charge on any atom is -0.494 e. The van der Waals surface area contributed by atoms with E-state index >= 15 is 0 Å². The molecule has 1 unspecified atom stereocenters. The number of rotatable bonds is 10. The Balaban J connectivity index is 2.43. The quantitative estimate of drug-likeness (QED) is 0.480. The normalized spacial score (nSPS) is 13.0. The fourth-order valence-corrected chi connectivity index (χ4v) is 2.12. The van der Waals surface area contributed by atoms with E-state index in [1.807, 2.05) is 30.3 Å². The van der Waals surface area contributed by atoms with Gasteiger partial charge in [0.2, 0.25) is 5.91 Å². The molecular weight excluding hydrogens is 298 g/mol. The van der Waals surface area contributed by atoms with E-state index in [9.17, 15) is 4.79 Å². The van der Waals surface area contributed by atoms with Gasteiger partial charge in [-0.25, -0.2) is 0 Å². The van der Waals surface area contributed by atoms with Crippen LogP contribution < -0.4 is 10.1 Å². The van der Waals surface area contributed by atoms with Crippen LogP contribution in [0.1, 0.15) is 59.4 Å². The number of ether oxygens (including phenoxy) is 1. The lowest BCUT2D eigenvalue weighted by Gasteiger charge is -2.30. The van der Waals surface area contributed by atoms with Gasteiger partial charge in [0, 0.05) is 12.6 Å². The third-order valence-electron chi connectivity index (χ3n) is 4.90. The first-order chi connectivity index (χ1) is 11.4. The Morgan fingerprint density at radius 1 is 1.25 bits per heavy atom. The largest absolute Gasteiger partial charge is 0.494 e. The van der Waals surface area contributed by atoms with E-state index < -0.39 is 0 Å². The number of hydrogen-bond donors (Lipinski definition) is 1. The van der Waals surface area contributed by atoms with Crippen molar-refractivity contribution in [3.63, 3.8) is 0 Å². The van der Waals surface area contributed by atoms with Crippen molar-refractivity contribution in [1.82, 2.24) is 5.32 Å². The smallest absolute Gasteiger partial charge is 0.244 e. The molecule has 0 bridgehead atoms. The maximum Gasteiger partial charge on any atom is 0.244 e. The van der Waals surface area contributed by atoms with Gasteiger partial charge in [0.05, 0.1) is 6.61 Å². The third-order valence-corrected chi connectivity index (χ3v) is 4.90. The topological polar surface area (TPSA) is 38.3 Å². The van der Waals surface area contributed by atoms with Crippen LogP contribution in [-0.4, -0.2) is 19.1 Å². The molecule has 134 valence electrons. The van der Waals surface area contributed by atoms with E-state index in [2.05, 4.69) is 39.9 Å². The summed E-state index contributed by atoms with van der Waals surface area (Å²) in [5, 5.41) is 2.99. The standard InChI is InChI=1S/C21H33NO2/c1-6-8-15-24-19-12-9-18(10-13-19)11-14-20(23)22-16-17(3)21(4,5)7-2/h9-14,17H,6-8,15-16H2,1-5H3,(H,22,23). The molecule has 3 heteroatoms. The van der Waals surface area contributed by atoms with Crippen molar-refractivity contribution in [2.24, 2.45) is 11.3 Å². The predicted molar refractivity (Wildman–Crippen MR) is 102 cm³/mol. The first-order valence-corrected chi connectivity index (χ1v) is 9.07. The summed E-state index contributed by atoms with van der Waals surface area (Å²) >= 11 is 0. The second kappa shape index (κ2) is 10.2. The minimum atomic E-state index is -0.0444. The SMILES string of the molecule is CCCCOc1ccc(C=CC(=O)NCC(C)C(C)(C)CC)cc1. The maximum absolute atomic E-state index is 12.0. The average molecular weight is 332 g/mol. The Kier molecular flexibility index (Phi) is 8.59. The number of benzene rings is 1. The number of unbranched alkanes of at least 4 members (excludes halogenated alkanes) is 1. The molecule has 0 spiro atoms. The molecule has 1 aromatic carbocycles. The maximum atomic E-state index is 12.0. The van der Waals surface area contributed by atoms with Gasteiger partial charge in [-0.1, -0.05) is 59.6 Å². The highest BCUT2D eigenvalue weighted by atomic mass is 16.5. The number of amides is 1. The van der Waals surface area contributed by atoms with Gasteiger partial charge < -0.3 is 10.1 Å². The molecule has 0 aliphatic carbocycles. The number of carbonyl (C=O) groups is 1. The molecular formula is C21H33NO2. The Labute approximate surface area is 147 Å². The van der Waals surface area contributed by atoms with Crippen LogP contribution in [0, 0.1) is 11.3 Å². The molecule has 0 saturated heterocycles. The summed E-state index contributed by atoms with van der Waals surface area (Å²) in [4.78, 5) is 12.0. The monoisotopic (exact) mass is 331 g/mol. The first kappa shape index (κ1) is 20.3. The first-order valence-electron chi connectivity index (χ1n) is 9.07. The number of nitrogens with one attached hydrogen (secondary N) is 1. The van der Waals surface area contributed by atoms with Crippen LogP contribution >= 0.6 is 0 Å². The summed E-state index contributed by atoms with van der Waals surface area (Å²) in [7, 11) is 0. The Hall–Kier alpha value is -1.77. The van der Waals surface area contributed by atoms with E-state index in [-0.39, 0.29) is 11.3 Å². The summed E-state index contributed by atoms with van der Waals surface area (Å²) in [6, 6.07) is 7.82. The molecule has 0 aliphatic heterocycles. The highest BCUT2D eigenvalue weighted by Crippen LogP contribution is 2.29. The lowest BCUT2D eigenvalue weighted by atomic mass is 9.78. The Morgan fingerprint density at radius 3 is 2.50 bits per heavy atom. The second-order valence-electron chi connectivity index (χ2n) is 7.09.